The number of carbonyl (C=O) groups excluding carboxylic acids is 1. The first-order chi connectivity index (χ1) is 7.86. The summed E-state index contributed by atoms with van der Waals surface area (Å²) < 4.78 is 0. The summed E-state index contributed by atoms with van der Waals surface area (Å²) in [6.45, 7) is 0.385. The monoisotopic (exact) mass is 214 g/mol. The first-order valence-corrected chi connectivity index (χ1v) is 4.79. The van der Waals surface area contributed by atoms with Crippen LogP contribution in [0.25, 0.3) is 0 Å². The van der Waals surface area contributed by atoms with E-state index in [4.69, 9.17) is 0 Å². The van der Waals surface area contributed by atoms with Gasteiger partial charge in [0.15, 0.2) is 0 Å². The molecular weight excluding hydrogens is 204 g/mol. The fourth-order valence-corrected chi connectivity index (χ4v) is 1.19. The predicted molar refractivity (Wildman–Crippen MR) is 57.4 cm³/mol. The van der Waals surface area contributed by atoms with Gasteiger partial charge in [0.25, 0.3) is 5.91 Å². The van der Waals surface area contributed by atoms with Crippen molar-refractivity contribution in [2.75, 3.05) is 0 Å². The molecule has 16 heavy (non-hydrogen) atoms. The van der Waals surface area contributed by atoms with Crippen molar-refractivity contribution in [1.82, 2.24) is 20.3 Å². The maximum absolute atomic E-state index is 11.6. The van der Waals surface area contributed by atoms with E-state index in [1.165, 1.54) is 12.5 Å². The zero-order chi connectivity index (χ0) is 11.2. The molecule has 0 fully saturated rings. The summed E-state index contributed by atoms with van der Waals surface area (Å²) in [6, 6.07) is 5.19. The molecule has 0 bridgehead atoms. The molecule has 0 unspecified atom stereocenters. The maximum atomic E-state index is 11.6. The second-order valence-electron chi connectivity index (χ2n) is 3.13. The van der Waals surface area contributed by atoms with Crippen molar-refractivity contribution in [3.63, 3.8) is 0 Å². The average molecular weight is 214 g/mol. The Bertz CT molecular complexity index is 458. The zero-order valence-electron chi connectivity index (χ0n) is 8.50. The lowest BCUT2D eigenvalue weighted by molar-refractivity contribution is 0.0950. The summed E-state index contributed by atoms with van der Waals surface area (Å²) in [5.74, 6) is -0.160. The van der Waals surface area contributed by atoms with Crippen LogP contribution in [0.2, 0.25) is 0 Å². The molecule has 80 valence electrons. The molecular formula is C11H10N4O. The minimum atomic E-state index is -0.160. The molecule has 2 heterocycles. The molecule has 0 radical (unpaired) electrons. The number of carbonyl (C=O) groups is 1. The van der Waals surface area contributed by atoms with Crippen molar-refractivity contribution in [1.29, 1.82) is 0 Å². The van der Waals surface area contributed by atoms with Crippen LogP contribution in [-0.2, 0) is 6.54 Å². The highest BCUT2D eigenvalue weighted by molar-refractivity contribution is 5.93. The number of pyridine rings is 1. The number of nitrogens with zero attached hydrogens (tertiary/aromatic N) is 3. The molecule has 0 saturated carbocycles. The summed E-state index contributed by atoms with van der Waals surface area (Å²) in [6.07, 6.45) is 6.24. The van der Waals surface area contributed by atoms with Crippen molar-refractivity contribution >= 4 is 5.91 Å². The summed E-state index contributed by atoms with van der Waals surface area (Å²) in [5.41, 5.74) is 1.31. The number of aromatic nitrogens is 3. The topological polar surface area (TPSA) is 67.8 Å². The van der Waals surface area contributed by atoms with Crippen LogP contribution in [0, 0.1) is 0 Å². The van der Waals surface area contributed by atoms with Gasteiger partial charge in [0, 0.05) is 18.6 Å². The normalized spacial score (nSPS) is 9.75. The van der Waals surface area contributed by atoms with Crippen LogP contribution < -0.4 is 5.32 Å². The Balaban J connectivity index is 1.95. The quantitative estimate of drug-likeness (QED) is 0.820. The number of nitrogens with one attached hydrogen (secondary N) is 1. The molecule has 5 heteroatoms. The minimum Gasteiger partial charge on any atom is -0.346 e. The molecule has 0 aliphatic rings. The standard InChI is InChI=1S/C11H10N4O/c16-11(9-2-1-4-12-6-9)14-7-10-3-5-13-8-15-10/h1-6,8H,7H2,(H,14,16). The highest BCUT2D eigenvalue weighted by Gasteiger charge is 2.04. The van der Waals surface area contributed by atoms with Gasteiger partial charge in [-0.05, 0) is 18.2 Å². The lowest BCUT2D eigenvalue weighted by Gasteiger charge is -2.03. The Morgan fingerprint density at radius 2 is 2.19 bits per heavy atom. The van der Waals surface area contributed by atoms with E-state index in [1.807, 2.05) is 0 Å². The van der Waals surface area contributed by atoms with Crippen molar-refractivity contribution in [3.8, 4) is 0 Å². The molecule has 2 aromatic heterocycles. The second kappa shape index (κ2) is 4.97. The summed E-state index contributed by atoms with van der Waals surface area (Å²) in [4.78, 5) is 23.3. The molecule has 2 rings (SSSR count). The smallest absolute Gasteiger partial charge is 0.253 e. The van der Waals surface area contributed by atoms with Gasteiger partial charge < -0.3 is 5.32 Å². The van der Waals surface area contributed by atoms with Crippen LogP contribution >= 0.6 is 0 Å². The number of rotatable bonds is 3. The summed E-state index contributed by atoms with van der Waals surface area (Å²) in [7, 11) is 0. The highest BCUT2D eigenvalue weighted by Crippen LogP contribution is 1.96. The van der Waals surface area contributed by atoms with Crippen LogP contribution in [0.15, 0.2) is 43.1 Å². The van der Waals surface area contributed by atoms with Gasteiger partial charge in [0.1, 0.15) is 6.33 Å². The Morgan fingerprint density at radius 1 is 1.25 bits per heavy atom. The third kappa shape index (κ3) is 2.60. The summed E-state index contributed by atoms with van der Waals surface area (Å²) in [5, 5.41) is 2.75. The Morgan fingerprint density at radius 3 is 2.88 bits per heavy atom. The van der Waals surface area contributed by atoms with Crippen LogP contribution in [-0.4, -0.2) is 20.9 Å². The van der Waals surface area contributed by atoms with E-state index in [1.54, 1.807) is 30.6 Å². The molecule has 0 aliphatic carbocycles. The van der Waals surface area contributed by atoms with Gasteiger partial charge in [-0.15, -0.1) is 0 Å². The molecule has 0 saturated heterocycles. The van der Waals surface area contributed by atoms with E-state index in [2.05, 4.69) is 20.3 Å². The van der Waals surface area contributed by atoms with Gasteiger partial charge in [-0.25, -0.2) is 9.97 Å². The molecule has 0 spiro atoms. The van der Waals surface area contributed by atoms with Gasteiger partial charge in [-0.2, -0.15) is 0 Å². The number of hydrogen-bond acceptors (Lipinski definition) is 4. The Hall–Kier alpha value is -2.30. The molecule has 0 aliphatic heterocycles. The van der Waals surface area contributed by atoms with Crippen molar-refractivity contribution in [2.24, 2.45) is 0 Å². The van der Waals surface area contributed by atoms with Crippen LogP contribution in [0.4, 0.5) is 0 Å². The highest BCUT2D eigenvalue weighted by atomic mass is 16.1. The van der Waals surface area contributed by atoms with Gasteiger partial charge in [-0.1, -0.05) is 0 Å². The third-order valence-electron chi connectivity index (χ3n) is 2.00. The molecule has 2 aromatic rings. The lowest BCUT2D eigenvalue weighted by atomic mass is 10.2. The molecule has 0 atom stereocenters. The van der Waals surface area contributed by atoms with Crippen LogP contribution in [0.3, 0.4) is 0 Å². The summed E-state index contributed by atoms with van der Waals surface area (Å²) >= 11 is 0. The first-order valence-electron chi connectivity index (χ1n) is 4.79. The van der Waals surface area contributed by atoms with Crippen LogP contribution in [0.1, 0.15) is 16.1 Å². The first kappa shape index (κ1) is 10.2. The average Bonchev–Trinajstić information content (AvgIpc) is 2.38. The van der Waals surface area contributed by atoms with Crippen molar-refractivity contribution in [3.05, 3.63) is 54.4 Å². The zero-order valence-corrected chi connectivity index (χ0v) is 8.50. The second-order valence-corrected chi connectivity index (χ2v) is 3.13. The van der Waals surface area contributed by atoms with E-state index in [9.17, 15) is 4.79 Å². The lowest BCUT2D eigenvalue weighted by Crippen LogP contribution is -2.23. The van der Waals surface area contributed by atoms with Gasteiger partial charge >= 0.3 is 0 Å². The fraction of sp³-hybridized carbons (Fsp3) is 0.0909. The number of amides is 1. The van der Waals surface area contributed by atoms with Crippen molar-refractivity contribution < 1.29 is 4.79 Å². The van der Waals surface area contributed by atoms with E-state index in [0.717, 1.165) is 5.69 Å². The Kier molecular flexibility index (Phi) is 3.18. The van der Waals surface area contributed by atoms with Gasteiger partial charge in [0.2, 0.25) is 0 Å². The van der Waals surface area contributed by atoms with E-state index in [0.29, 0.717) is 12.1 Å². The minimum absolute atomic E-state index is 0.160. The Labute approximate surface area is 92.6 Å². The molecule has 5 nitrogen and oxygen atoms in total. The maximum Gasteiger partial charge on any atom is 0.253 e. The van der Waals surface area contributed by atoms with E-state index >= 15 is 0 Å². The van der Waals surface area contributed by atoms with E-state index < -0.39 is 0 Å². The molecule has 0 aromatic carbocycles. The SMILES string of the molecule is O=C(NCc1ccncn1)c1cccnc1. The van der Waals surface area contributed by atoms with Crippen molar-refractivity contribution in [2.45, 2.75) is 6.54 Å². The van der Waals surface area contributed by atoms with Gasteiger partial charge in [-0.3, -0.25) is 9.78 Å². The van der Waals surface area contributed by atoms with Crippen LogP contribution in [0.5, 0.6) is 0 Å². The molecule has 1 N–H and O–H groups in total. The van der Waals surface area contributed by atoms with E-state index in [-0.39, 0.29) is 5.91 Å². The fourth-order valence-electron chi connectivity index (χ4n) is 1.19. The van der Waals surface area contributed by atoms with Gasteiger partial charge in [0.05, 0.1) is 17.8 Å². The predicted octanol–water partition coefficient (Wildman–Crippen LogP) is 0.802. The third-order valence-corrected chi connectivity index (χ3v) is 2.00. The molecule has 1 amide bonds. The largest absolute Gasteiger partial charge is 0.346 e. The number of hydrogen-bond donors (Lipinski definition) is 1.